The van der Waals surface area contributed by atoms with Gasteiger partial charge in [-0.15, -0.1) is 0 Å². The third-order valence-corrected chi connectivity index (χ3v) is 4.86. The molecule has 2 aromatic heterocycles. The second-order valence-electron chi connectivity index (χ2n) is 5.57. The van der Waals surface area contributed by atoms with Gasteiger partial charge in [0, 0.05) is 18.0 Å². The molecule has 3 rings (SSSR count). The maximum atomic E-state index is 10.1. The first-order chi connectivity index (χ1) is 10.3. The summed E-state index contributed by atoms with van der Waals surface area (Å²) >= 11 is 1.59. The Bertz CT molecular complexity index is 580. The Balaban J connectivity index is 1.70. The zero-order valence-corrected chi connectivity index (χ0v) is 13.1. The molecule has 112 valence electrons. The van der Waals surface area contributed by atoms with Crippen LogP contribution in [-0.4, -0.2) is 21.3 Å². The van der Waals surface area contributed by atoms with E-state index in [-0.39, 0.29) is 0 Å². The average Bonchev–Trinajstić information content (AvgIpc) is 3.26. The van der Waals surface area contributed by atoms with Gasteiger partial charge in [0.1, 0.15) is 16.2 Å². The molecule has 2 N–H and O–H groups in total. The summed E-state index contributed by atoms with van der Waals surface area (Å²) in [5.74, 6) is 0.847. The molecule has 21 heavy (non-hydrogen) atoms. The lowest BCUT2D eigenvalue weighted by Crippen LogP contribution is -2.18. The quantitative estimate of drug-likeness (QED) is 0.766. The molecule has 1 fully saturated rings. The van der Waals surface area contributed by atoms with Gasteiger partial charge in [0.2, 0.25) is 0 Å². The fourth-order valence-corrected chi connectivity index (χ4v) is 3.43. The normalized spacial score (nSPS) is 15.9. The lowest BCUT2D eigenvalue weighted by Gasteiger charge is -2.12. The molecule has 0 spiro atoms. The van der Waals surface area contributed by atoms with E-state index in [2.05, 4.69) is 22.2 Å². The first kappa shape index (κ1) is 14.5. The first-order valence-electron chi connectivity index (χ1n) is 7.61. The molecule has 0 bridgehead atoms. The molecule has 2 heterocycles. The van der Waals surface area contributed by atoms with Crippen LogP contribution in [0, 0.1) is 5.92 Å². The van der Waals surface area contributed by atoms with Crippen LogP contribution in [0.2, 0.25) is 0 Å². The van der Waals surface area contributed by atoms with Gasteiger partial charge in [-0.2, -0.15) is 0 Å². The topological polar surface area (TPSA) is 58.0 Å². The van der Waals surface area contributed by atoms with Crippen LogP contribution < -0.4 is 5.32 Å². The van der Waals surface area contributed by atoms with Crippen LogP contribution >= 0.6 is 11.3 Å². The molecule has 1 atom stereocenters. The van der Waals surface area contributed by atoms with Gasteiger partial charge in [0.05, 0.1) is 5.69 Å². The molecule has 0 aliphatic heterocycles. The summed E-state index contributed by atoms with van der Waals surface area (Å²) in [6.07, 6.45) is 8.56. The van der Waals surface area contributed by atoms with Gasteiger partial charge in [-0.3, -0.25) is 4.98 Å². The van der Waals surface area contributed by atoms with E-state index < -0.39 is 6.23 Å². The van der Waals surface area contributed by atoms with Gasteiger partial charge in [-0.25, -0.2) is 4.98 Å². The van der Waals surface area contributed by atoms with Crippen molar-refractivity contribution < 1.29 is 5.11 Å². The molecule has 0 amide bonds. The van der Waals surface area contributed by atoms with Crippen molar-refractivity contribution in [2.45, 2.75) is 45.3 Å². The van der Waals surface area contributed by atoms with Crippen LogP contribution in [0.4, 0.5) is 5.00 Å². The van der Waals surface area contributed by atoms with Crippen molar-refractivity contribution in [1.29, 1.82) is 0 Å². The number of aliphatic hydroxyl groups excluding tert-OH is 1. The molecule has 0 saturated heterocycles. The monoisotopic (exact) mass is 303 g/mol. The number of pyridine rings is 1. The minimum absolute atomic E-state index is 0.474. The van der Waals surface area contributed by atoms with Gasteiger partial charge < -0.3 is 10.4 Å². The van der Waals surface area contributed by atoms with Crippen LogP contribution in [0.25, 0.3) is 10.6 Å². The molecule has 1 aliphatic carbocycles. The molecule has 0 aromatic carbocycles. The number of aromatic nitrogens is 2. The Morgan fingerprint density at radius 1 is 1.48 bits per heavy atom. The SMILES string of the molecule is CCc1nc(-c2cccnc2)sc1NC(O)CCC1CC1. The molecule has 1 saturated carbocycles. The Kier molecular flexibility index (Phi) is 4.51. The number of thiazole rings is 1. The van der Waals surface area contributed by atoms with Gasteiger partial charge in [0.25, 0.3) is 0 Å². The van der Waals surface area contributed by atoms with Crippen molar-refractivity contribution >= 4 is 16.3 Å². The maximum absolute atomic E-state index is 10.1. The second kappa shape index (κ2) is 6.54. The second-order valence-corrected chi connectivity index (χ2v) is 6.57. The predicted molar refractivity (Wildman–Crippen MR) is 86.3 cm³/mol. The summed E-state index contributed by atoms with van der Waals surface area (Å²) in [5.41, 5.74) is 2.04. The van der Waals surface area contributed by atoms with Gasteiger partial charge >= 0.3 is 0 Å². The van der Waals surface area contributed by atoms with E-state index in [1.807, 2.05) is 18.3 Å². The van der Waals surface area contributed by atoms with Crippen molar-refractivity contribution in [1.82, 2.24) is 9.97 Å². The highest BCUT2D eigenvalue weighted by Gasteiger charge is 2.22. The summed E-state index contributed by atoms with van der Waals surface area (Å²) < 4.78 is 0. The zero-order valence-electron chi connectivity index (χ0n) is 12.2. The average molecular weight is 303 g/mol. The maximum Gasteiger partial charge on any atom is 0.127 e. The summed E-state index contributed by atoms with van der Waals surface area (Å²) in [5, 5.41) is 15.3. The van der Waals surface area contributed by atoms with E-state index in [0.717, 1.165) is 46.4 Å². The van der Waals surface area contributed by atoms with E-state index in [4.69, 9.17) is 0 Å². The van der Waals surface area contributed by atoms with E-state index in [1.165, 1.54) is 12.8 Å². The van der Waals surface area contributed by atoms with E-state index in [0.29, 0.717) is 0 Å². The molecular formula is C16H21N3OS. The van der Waals surface area contributed by atoms with Crippen LogP contribution in [0.15, 0.2) is 24.5 Å². The van der Waals surface area contributed by atoms with Crippen LogP contribution in [0.1, 0.15) is 38.3 Å². The fourth-order valence-electron chi connectivity index (χ4n) is 2.34. The van der Waals surface area contributed by atoms with E-state index in [9.17, 15) is 5.11 Å². The van der Waals surface area contributed by atoms with Crippen molar-refractivity contribution in [2.24, 2.45) is 5.92 Å². The fraction of sp³-hybridized carbons (Fsp3) is 0.500. The smallest absolute Gasteiger partial charge is 0.127 e. The van der Waals surface area contributed by atoms with Crippen molar-refractivity contribution in [3.8, 4) is 10.6 Å². The molecule has 1 unspecified atom stereocenters. The number of hydrogen-bond acceptors (Lipinski definition) is 5. The predicted octanol–water partition coefficient (Wildman–Crippen LogP) is 3.69. The van der Waals surface area contributed by atoms with E-state index >= 15 is 0 Å². The van der Waals surface area contributed by atoms with Crippen LogP contribution in [-0.2, 0) is 6.42 Å². The largest absolute Gasteiger partial charge is 0.374 e. The number of anilines is 1. The minimum atomic E-state index is -0.474. The Morgan fingerprint density at radius 2 is 2.33 bits per heavy atom. The number of aryl methyl sites for hydroxylation is 1. The lowest BCUT2D eigenvalue weighted by atomic mass is 10.2. The van der Waals surface area contributed by atoms with Crippen molar-refractivity contribution in [2.75, 3.05) is 5.32 Å². The van der Waals surface area contributed by atoms with Crippen molar-refractivity contribution in [3.63, 3.8) is 0 Å². The molecule has 2 aromatic rings. The Morgan fingerprint density at radius 3 is 3.00 bits per heavy atom. The highest BCUT2D eigenvalue weighted by molar-refractivity contribution is 7.19. The molecular weight excluding hydrogens is 282 g/mol. The van der Waals surface area contributed by atoms with Gasteiger partial charge in [-0.1, -0.05) is 31.1 Å². The molecule has 5 heteroatoms. The minimum Gasteiger partial charge on any atom is -0.374 e. The zero-order chi connectivity index (χ0) is 14.7. The standard InChI is InChI=1S/C16H21N3OS/c1-2-13-16(19-14(20)8-7-11-5-6-11)21-15(18-13)12-4-3-9-17-10-12/h3-4,9-11,14,19-20H,2,5-8H2,1H3. The summed E-state index contributed by atoms with van der Waals surface area (Å²) in [7, 11) is 0. The number of rotatable bonds is 7. The molecule has 0 radical (unpaired) electrons. The number of hydrogen-bond donors (Lipinski definition) is 2. The number of aliphatic hydroxyl groups is 1. The summed E-state index contributed by atoms with van der Waals surface area (Å²) in [6.45, 7) is 2.09. The third-order valence-electron chi connectivity index (χ3n) is 3.78. The van der Waals surface area contributed by atoms with E-state index in [1.54, 1.807) is 17.5 Å². The highest BCUT2D eigenvalue weighted by Crippen LogP contribution is 2.35. The molecule has 4 nitrogen and oxygen atoms in total. The van der Waals surface area contributed by atoms with Crippen molar-refractivity contribution in [3.05, 3.63) is 30.2 Å². The van der Waals surface area contributed by atoms with Gasteiger partial charge in [-0.05, 0) is 37.3 Å². The summed E-state index contributed by atoms with van der Waals surface area (Å²) in [6, 6.07) is 3.93. The van der Waals surface area contributed by atoms with Gasteiger partial charge in [0.15, 0.2) is 0 Å². The van der Waals surface area contributed by atoms with Crippen LogP contribution in [0.5, 0.6) is 0 Å². The Hall–Kier alpha value is -1.46. The highest BCUT2D eigenvalue weighted by atomic mass is 32.1. The number of nitrogens with one attached hydrogen (secondary N) is 1. The Labute approximate surface area is 129 Å². The molecule has 1 aliphatic rings. The lowest BCUT2D eigenvalue weighted by molar-refractivity contribution is 0.188. The number of nitrogens with zero attached hydrogens (tertiary/aromatic N) is 2. The first-order valence-corrected chi connectivity index (χ1v) is 8.42. The third kappa shape index (κ3) is 3.80. The van der Waals surface area contributed by atoms with Crippen LogP contribution in [0.3, 0.4) is 0 Å². The summed E-state index contributed by atoms with van der Waals surface area (Å²) in [4.78, 5) is 8.80.